The second kappa shape index (κ2) is 11.3. The van der Waals surface area contributed by atoms with Crippen LogP contribution in [0.2, 0.25) is 0 Å². The smallest absolute Gasteiger partial charge is 0.191 e. The van der Waals surface area contributed by atoms with E-state index in [0.29, 0.717) is 0 Å². The first-order chi connectivity index (χ1) is 13.1. The van der Waals surface area contributed by atoms with Crippen LogP contribution in [0, 0.1) is 5.82 Å². The number of benzene rings is 1. The lowest BCUT2D eigenvalue weighted by Gasteiger charge is -2.21. The van der Waals surface area contributed by atoms with Crippen LogP contribution in [-0.4, -0.2) is 75.7 Å². The number of hydrogen-bond acceptors (Lipinski definition) is 3. The maximum Gasteiger partial charge on any atom is 0.191 e. The second-order valence-corrected chi connectivity index (χ2v) is 7.96. The standard InChI is InChI=1S/C21H34FN5.HI/c1-23-20(24-11-5-13-27-14-6-12-26(2)15-16-27)25-17-21(9-10-21)18-7-3-4-8-19(18)22;/h3-4,7-8H,5-6,9-17H2,1-2H3,(H2,23,24,25);1H. The second-order valence-electron chi connectivity index (χ2n) is 7.96. The summed E-state index contributed by atoms with van der Waals surface area (Å²) < 4.78 is 14.1. The van der Waals surface area contributed by atoms with Crippen LogP contribution in [0.5, 0.6) is 0 Å². The van der Waals surface area contributed by atoms with E-state index in [9.17, 15) is 4.39 Å². The Morgan fingerprint density at radius 3 is 2.64 bits per heavy atom. The van der Waals surface area contributed by atoms with Gasteiger partial charge in [0.25, 0.3) is 0 Å². The molecule has 0 unspecified atom stereocenters. The van der Waals surface area contributed by atoms with Crippen molar-refractivity contribution in [3.05, 3.63) is 35.6 Å². The van der Waals surface area contributed by atoms with E-state index in [1.54, 1.807) is 19.2 Å². The number of halogens is 2. The van der Waals surface area contributed by atoms with E-state index in [4.69, 9.17) is 0 Å². The molecule has 0 spiro atoms. The molecule has 3 rings (SSSR count). The lowest BCUT2D eigenvalue weighted by atomic mass is 9.95. The maximum absolute atomic E-state index is 14.1. The van der Waals surface area contributed by atoms with Crippen LogP contribution >= 0.6 is 24.0 Å². The average Bonchev–Trinajstić information content (AvgIpc) is 3.48. The molecule has 2 fully saturated rings. The monoisotopic (exact) mass is 503 g/mol. The van der Waals surface area contributed by atoms with Crippen molar-refractivity contribution in [3.8, 4) is 0 Å². The topological polar surface area (TPSA) is 42.9 Å². The molecule has 0 atom stereocenters. The van der Waals surface area contributed by atoms with Gasteiger partial charge in [-0.15, -0.1) is 24.0 Å². The van der Waals surface area contributed by atoms with Crippen molar-refractivity contribution in [2.75, 3.05) is 59.9 Å². The van der Waals surface area contributed by atoms with Gasteiger partial charge in [-0.25, -0.2) is 4.39 Å². The Kier molecular flexibility index (Phi) is 9.43. The van der Waals surface area contributed by atoms with E-state index in [2.05, 4.69) is 32.5 Å². The van der Waals surface area contributed by atoms with E-state index >= 15 is 0 Å². The zero-order valence-corrected chi connectivity index (χ0v) is 19.5. The van der Waals surface area contributed by atoms with Crippen molar-refractivity contribution < 1.29 is 4.39 Å². The first-order valence-corrected chi connectivity index (χ1v) is 10.2. The third kappa shape index (κ3) is 6.56. The average molecular weight is 503 g/mol. The molecule has 2 aliphatic rings. The van der Waals surface area contributed by atoms with E-state index in [-0.39, 0.29) is 35.2 Å². The van der Waals surface area contributed by atoms with Gasteiger partial charge >= 0.3 is 0 Å². The van der Waals surface area contributed by atoms with E-state index < -0.39 is 0 Å². The zero-order valence-electron chi connectivity index (χ0n) is 17.2. The third-order valence-electron chi connectivity index (χ3n) is 5.87. The minimum Gasteiger partial charge on any atom is -0.356 e. The van der Waals surface area contributed by atoms with Gasteiger partial charge in [0.05, 0.1) is 0 Å². The van der Waals surface area contributed by atoms with Gasteiger partial charge in [0, 0.05) is 38.6 Å². The lowest BCUT2D eigenvalue weighted by molar-refractivity contribution is 0.274. The number of rotatable bonds is 7. The summed E-state index contributed by atoms with van der Waals surface area (Å²) in [6, 6.07) is 7.15. The minimum atomic E-state index is -0.0946. The summed E-state index contributed by atoms with van der Waals surface area (Å²) in [6.07, 6.45) is 4.41. The van der Waals surface area contributed by atoms with Gasteiger partial charge in [-0.05, 0) is 64.0 Å². The van der Waals surface area contributed by atoms with Crippen molar-refractivity contribution in [1.82, 2.24) is 20.4 Å². The van der Waals surface area contributed by atoms with Gasteiger partial charge in [0.15, 0.2) is 5.96 Å². The molecule has 7 heteroatoms. The molecular weight excluding hydrogens is 468 g/mol. The molecule has 1 aliphatic heterocycles. The highest BCUT2D eigenvalue weighted by atomic mass is 127. The Morgan fingerprint density at radius 1 is 1.14 bits per heavy atom. The van der Waals surface area contributed by atoms with Gasteiger partial charge in [-0.1, -0.05) is 18.2 Å². The number of guanidine groups is 1. The quantitative estimate of drug-likeness (QED) is 0.260. The molecule has 28 heavy (non-hydrogen) atoms. The SMILES string of the molecule is CN=C(NCCCN1CCCN(C)CC1)NCC1(c2ccccc2F)CC1.I. The van der Waals surface area contributed by atoms with Crippen molar-refractivity contribution >= 4 is 29.9 Å². The van der Waals surface area contributed by atoms with Crippen LogP contribution in [0.25, 0.3) is 0 Å². The Morgan fingerprint density at radius 2 is 1.93 bits per heavy atom. The van der Waals surface area contributed by atoms with Crippen molar-refractivity contribution in [3.63, 3.8) is 0 Å². The van der Waals surface area contributed by atoms with Gasteiger partial charge < -0.3 is 20.4 Å². The molecule has 1 heterocycles. The summed E-state index contributed by atoms with van der Waals surface area (Å²) in [5.41, 5.74) is 0.764. The molecule has 158 valence electrons. The van der Waals surface area contributed by atoms with Crippen LogP contribution in [0.15, 0.2) is 29.3 Å². The van der Waals surface area contributed by atoms with Crippen LogP contribution in [0.3, 0.4) is 0 Å². The first-order valence-electron chi connectivity index (χ1n) is 10.2. The molecule has 0 bridgehead atoms. The summed E-state index contributed by atoms with van der Waals surface area (Å²) in [6.45, 7) is 7.47. The fourth-order valence-corrected chi connectivity index (χ4v) is 3.89. The Hall–Kier alpha value is -0.930. The predicted molar refractivity (Wildman–Crippen MR) is 125 cm³/mol. The fourth-order valence-electron chi connectivity index (χ4n) is 3.89. The van der Waals surface area contributed by atoms with E-state index in [1.165, 1.54) is 19.5 Å². The van der Waals surface area contributed by atoms with Crippen LogP contribution in [0.1, 0.15) is 31.2 Å². The van der Waals surface area contributed by atoms with Gasteiger partial charge in [0.1, 0.15) is 5.82 Å². The molecule has 0 aromatic heterocycles. The summed E-state index contributed by atoms with van der Waals surface area (Å²) in [7, 11) is 4.00. The third-order valence-corrected chi connectivity index (χ3v) is 5.87. The number of nitrogens with zero attached hydrogens (tertiary/aromatic N) is 3. The van der Waals surface area contributed by atoms with Crippen LogP contribution in [0.4, 0.5) is 4.39 Å². The van der Waals surface area contributed by atoms with E-state index in [1.807, 2.05) is 12.1 Å². The summed E-state index contributed by atoms with van der Waals surface area (Å²) in [5.74, 6) is 0.719. The van der Waals surface area contributed by atoms with Crippen LogP contribution < -0.4 is 10.6 Å². The highest BCUT2D eigenvalue weighted by molar-refractivity contribution is 14.0. The summed E-state index contributed by atoms with van der Waals surface area (Å²) >= 11 is 0. The van der Waals surface area contributed by atoms with Crippen LogP contribution in [-0.2, 0) is 5.41 Å². The fraction of sp³-hybridized carbons (Fsp3) is 0.667. The van der Waals surface area contributed by atoms with Crippen molar-refractivity contribution in [2.24, 2.45) is 4.99 Å². The predicted octanol–water partition coefficient (Wildman–Crippen LogP) is 2.67. The number of hydrogen-bond donors (Lipinski definition) is 2. The molecule has 1 saturated carbocycles. The first kappa shape index (κ1) is 23.3. The van der Waals surface area contributed by atoms with Crippen molar-refractivity contribution in [1.29, 1.82) is 0 Å². The maximum atomic E-state index is 14.1. The highest BCUT2D eigenvalue weighted by Gasteiger charge is 2.45. The van der Waals surface area contributed by atoms with Gasteiger partial charge in [-0.2, -0.15) is 0 Å². The number of aliphatic imine (C=N–C) groups is 1. The van der Waals surface area contributed by atoms with Crippen molar-refractivity contribution in [2.45, 2.75) is 31.1 Å². The molecule has 0 radical (unpaired) electrons. The minimum absolute atomic E-state index is 0. The molecule has 1 saturated heterocycles. The molecule has 2 N–H and O–H groups in total. The summed E-state index contributed by atoms with van der Waals surface area (Å²) in [5, 5.41) is 6.81. The molecule has 1 aromatic rings. The highest BCUT2D eigenvalue weighted by Crippen LogP contribution is 2.48. The Labute approximate surface area is 186 Å². The summed E-state index contributed by atoms with van der Waals surface area (Å²) in [4.78, 5) is 9.29. The Bertz CT molecular complexity index is 635. The zero-order chi connectivity index (χ0) is 19.1. The molecule has 5 nitrogen and oxygen atoms in total. The van der Waals surface area contributed by atoms with E-state index in [0.717, 1.165) is 63.5 Å². The lowest BCUT2D eigenvalue weighted by Crippen LogP contribution is -2.42. The number of nitrogens with one attached hydrogen (secondary N) is 2. The molecule has 1 aromatic carbocycles. The molecule has 1 aliphatic carbocycles. The Balaban J connectivity index is 0.00000280. The molecular formula is C21H35FIN5. The van der Waals surface area contributed by atoms with Gasteiger partial charge in [-0.3, -0.25) is 4.99 Å². The molecule has 0 amide bonds. The van der Waals surface area contributed by atoms with Gasteiger partial charge in [0.2, 0.25) is 0 Å². The largest absolute Gasteiger partial charge is 0.356 e. The normalized spacial score (nSPS) is 20.2. The number of likely N-dealkylation sites (N-methyl/N-ethyl adjacent to an activating group) is 1.